The smallest absolute Gasteiger partial charge is 0.148 e. The fraction of sp³-hybridized carbons (Fsp3) is 1.00. The Morgan fingerprint density at radius 3 is 2.33 bits per heavy atom. The third kappa shape index (κ3) is 5.80. The Morgan fingerprint density at radius 1 is 1.50 bits per heavy atom. The quantitative estimate of drug-likeness (QED) is 0.628. The van der Waals surface area contributed by atoms with Crippen molar-refractivity contribution in [3.63, 3.8) is 0 Å². The maximum absolute atomic E-state index is 10.8. The SMILES string of the molecule is CC(CCl)N(C)CCS(C)(=O)=O. The van der Waals surface area contributed by atoms with Gasteiger partial charge in [0.05, 0.1) is 5.75 Å². The molecule has 0 amide bonds. The lowest BCUT2D eigenvalue weighted by Crippen LogP contribution is -2.34. The first-order chi connectivity index (χ1) is 5.37. The third-order valence-corrected chi connectivity index (χ3v) is 3.16. The van der Waals surface area contributed by atoms with Gasteiger partial charge in [-0.3, -0.25) is 0 Å². The van der Waals surface area contributed by atoms with Crippen LogP contribution in [0.15, 0.2) is 0 Å². The maximum Gasteiger partial charge on any atom is 0.148 e. The zero-order valence-electron chi connectivity index (χ0n) is 7.75. The molecule has 0 saturated heterocycles. The van der Waals surface area contributed by atoms with Gasteiger partial charge in [0, 0.05) is 24.7 Å². The highest BCUT2D eigenvalue weighted by molar-refractivity contribution is 7.90. The molecule has 0 spiro atoms. The second-order valence-corrected chi connectivity index (χ2v) is 5.68. The highest BCUT2D eigenvalue weighted by Gasteiger charge is 2.10. The Kier molecular flexibility index (Phi) is 5.13. The molecule has 0 fully saturated rings. The molecule has 0 heterocycles. The van der Waals surface area contributed by atoms with Gasteiger partial charge in [-0.05, 0) is 14.0 Å². The topological polar surface area (TPSA) is 37.4 Å². The maximum atomic E-state index is 10.8. The molecule has 0 rings (SSSR count). The van der Waals surface area contributed by atoms with Crippen molar-refractivity contribution < 1.29 is 8.42 Å². The molecule has 1 atom stereocenters. The predicted molar refractivity (Wildman–Crippen MR) is 52.5 cm³/mol. The van der Waals surface area contributed by atoms with E-state index in [2.05, 4.69) is 0 Å². The van der Waals surface area contributed by atoms with Gasteiger partial charge in [-0.25, -0.2) is 8.42 Å². The summed E-state index contributed by atoms with van der Waals surface area (Å²) >= 11 is 5.61. The molecular weight excluding hydrogens is 198 g/mol. The molecule has 0 aromatic heterocycles. The Balaban J connectivity index is 3.79. The lowest BCUT2D eigenvalue weighted by Gasteiger charge is -2.21. The molecule has 3 nitrogen and oxygen atoms in total. The molecule has 0 bridgehead atoms. The van der Waals surface area contributed by atoms with Gasteiger partial charge in [-0.2, -0.15) is 0 Å². The van der Waals surface area contributed by atoms with Crippen LogP contribution in [-0.4, -0.2) is 50.8 Å². The molecule has 0 aliphatic carbocycles. The molecule has 5 heteroatoms. The van der Waals surface area contributed by atoms with Crippen LogP contribution in [0.4, 0.5) is 0 Å². The van der Waals surface area contributed by atoms with Gasteiger partial charge in [0.25, 0.3) is 0 Å². The van der Waals surface area contributed by atoms with E-state index in [4.69, 9.17) is 11.6 Å². The van der Waals surface area contributed by atoms with E-state index in [1.807, 2.05) is 18.9 Å². The van der Waals surface area contributed by atoms with Crippen LogP contribution in [0.25, 0.3) is 0 Å². The van der Waals surface area contributed by atoms with Crippen LogP contribution < -0.4 is 0 Å². The minimum absolute atomic E-state index is 0.199. The summed E-state index contributed by atoms with van der Waals surface area (Å²) in [6.07, 6.45) is 1.24. The number of nitrogens with zero attached hydrogens (tertiary/aromatic N) is 1. The Morgan fingerprint density at radius 2 is 2.00 bits per heavy atom. The number of sulfone groups is 1. The lowest BCUT2D eigenvalue weighted by atomic mass is 10.3. The zero-order chi connectivity index (χ0) is 9.78. The predicted octanol–water partition coefficient (Wildman–Crippen LogP) is 0.590. The van der Waals surface area contributed by atoms with Gasteiger partial charge in [0.2, 0.25) is 0 Å². The van der Waals surface area contributed by atoms with Crippen molar-refractivity contribution in [3.05, 3.63) is 0 Å². The molecule has 0 N–H and O–H groups in total. The summed E-state index contributed by atoms with van der Waals surface area (Å²) in [6.45, 7) is 2.52. The summed E-state index contributed by atoms with van der Waals surface area (Å²) in [7, 11) is -0.972. The molecule has 0 aromatic carbocycles. The van der Waals surface area contributed by atoms with E-state index < -0.39 is 9.84 Å². The molecule has 1 unspecified atom stereocenters. The van der Waals surface area contributed by atoms with Gasteiger partial charge in [-0.1, -0.05) is 0 Å². The first-order valence-electron chi connectivity index (χ1n) is 3.80. The van der Waals surface area contributed by atoms with E-state index in [0.717, 1.165) is 0 Å². The van der Waals surface area contributed by atoms with Crippen LogP contribution in [0.3, 0.4) is 0 Å². The summed E-state index contributed by atoms with van der Waals surface area (Å²) in [5, 5.41) is 0. The first kappa shape index (κ1) is 12.2. The number of alkyl halides is 1. The molecule has 0 aromatic rings. The van der Waals surface area contributed by atoms with Crippen molar-refractivity contribution in [2.24, 2.45) is 0 Å². The van der Waals surface area contributed by atoms with Crippen molar-refractivity contribution >= 4 is 21.4 Å². The Labute approximate surface area is 79.6 Å². The van der Waals surface area contributed by atoms with E-state index in [9.17, 15) is 8.42 Å². The molecule has 74 valence electrons. The van der Waals surface area contributed by atoms with Crippen LogP contribution in [0.5, 0.6) is 0 Å². The summed E-state index contributed by atoms with van der Waals surface area (Å²) < 4.78 is 21.6. The van der Waals surface area contributed by atoms with Crippen molar-refractivity contribution in [1.29, 1.82) is 0 Å². The van der Waals surface area contributed by atoms with Gasteiger partial charge < -0.3 is 4.90 Å². The highest BCUT2D eigenvalue weighted by Crippen LogP contribution is 1.98. The van der Waals surface area contributed by atoms with Gasteiger partial charge >= 0.3 is 0 Å². The van der Waals surface area contributed by atoms with Crippen molar-refractivity contribution in [2.75, 3.05) is 31.5 Å². The Bertz CT molecular complexity index is 215. The van der Waals surface area contributed by atoms with Crippen LogP contribution in [0.1, 0.15) is 6.92 Å². The average Bonchev–Trinajstić information content (AvgIpc) is 1.97. The van der Waals surface area contributed by atoms with Crippen LogP contribution >= 0.6 is 11.6 Å². The standard InChI is InChI=1S/C7H16ClNO2S/c1-7(6-8)9(2)4-5-12(3,10)11/h7H,4-6H2,1-3H3. The van der Waals surface area contributed by atoms with Crippen molar-refractivity contribution in [1.82, 2.24) is 4.90 Å². The average molecular weight is 214 g/mol. The fourth-order valence-electron chi connectivity index (χ4n) is 0.648. The van der Waals surface area contributed by atoms with Crippen molar-refractivity contribution in [3.8, 4) is 0 Å². The zero-order valence-corrected chi connectivity index (χ0v) is 9.32. The third-order valence-electron chi connectivity index (χ3n) is 1.79. The number of hydrogen-bond acceptors (Lipinski definition) is 3. The minimum atomic E-state index is -2.85. The molecule has 12 heavy (non-hydrogen) atoms. The number of hydrogen-bond donors (Lipinski definition) is 0. The second kappa shape index (κ2) is 5.04. The van der Waals surface area contributed by atoms with Gasteiger partial charge in [0.15, 0.2) is 0 Å². The summed E-state index contributed by atoms with van der Waals surface area (Å²) in [4.78, 5) is 1.94. The van der Waals surface area contributed by atoms with Gasteiger partial charge in [-0.15, -0.1) is 11.6 Å². The molecular formula is C7H16ClNO2S. The summed E-state index contributed by atoms with van der Waals surface area (Å²) in [5.74, 6) is 0.727. The van der Waals surface area contributed by atoms with Gasteiger partial charge in [0.1, 0.15) is 9.84 Å². The molecule has 0 saturated carbocycles. The minimum Gasteiger partial charge on any atom is -0.302 e. The van der Waals surface area contributed by atoms with E-state index in [1.54, 1.807) is 0 Å². The van der Waals surface area contributed by atoms with Crippen LogP contribution in [-0.2, 0) is 9.84 Å². The largest absolute Gasteiger partial charge is 0.302 e. The normalized spacial score (nSPS) is 15.1. The Hall–Kier alpha value is 0.200. The van der Waals surface area contributed by atoms with Crippen LogP contribution in [0.2, 0.25) is 0 Å². The highest BCUT2D eigenvalue weighted by atomic mass is 35.5. The van der Waals surface area contributed by atoms with E-state index >= 15 is 0 Å². The van der Waals surface area contributed by atoms with Crippen molar-refractivity contribution in [2.45, 2.75) is 13.0 Å². The molecule has 0 radical (unpaired) electrons. The van der Waals surface area contributed by atoms with E-state index in [1.165, 1.54) is 6.26 Å². The second-order valence-electron chi connectivity index (χ2n) is 3.11. The summed E-state index contributed by atoms with van der Waals surface area (Å²) in [6, 6.07) is 0.230. The molecule has 0 aliphatic rings. The molecule has 0 aliphatic heterocycles. The summed E-state index contributed by atoms with van der Waals surface area (Å²) in [5.41, 5.74) is 0. The fourth-order valence-corrected chi connectivity index (χ4v) is 1.50. The lowest BCUT2D eigenvalue weighted by molar-refractivity contribution is 0.292. The van der Waals surface area contributed by atoms with E-state index in [-0.39, 0.29) is 11.8 Å². The number of rotatable bonds is 5. The van der Waals surface area contributed by atoms with E-state index in [0.29, 0.717) is 12.4 Å². The monoisotopic (exact) mass is 213 g/mol. The first-order valence-corrected chi connectivity index (χ1v) is 6.40. The number of halogens is 1. The van der Waals surface area contributed by atoms with Crippen LogP contribution in [0, 0.1) is 0 Å².